The van der Waals surface area contributed by atoms with Crippen molar-refractivity contribution in [3.8, 4) is 5.75 Å². The Morgan fingerprint density at radius 2 is 2.06 bits per heavy atom. The predicted octanol–water partition coefficient (Wildman–Crippen LogP) is 2.06. The van der Waals surface area contributed by atoms with Gasteiger partial charge in [0.2, 0.25) is 0 Å². The fourth-order valence-corrected chi connectivity index (χ4v) is 1.76. The SMILES string of the molecule is Cl.N[C@H](c1c(F)ccc(C(=O)O)c1O)C1CC1. The van der Waals surface area contributed by atoms with Gasteiger partial charge < -0.3 is 15.9 Å². The minimum Gasteiger partial charge on any atom is -0.507 e. The lowest BCUT2D eigenvalue weighted by atomic mass is 9.98. The third-order valence-electron chi connectivity index (χ3n) is 2.86. The van der Waals surface area contributed by atoms with E-state index in [2.05, 4.69) is 0 Å². The van der Waals surface area contributed by atoms with Gasteiger partial charge in [-0.25, -0.2) is 9.18 Å². The Morgan fingerprint density at radius 1 is 1.47 bits per heavy atom. The number of hydrogen-bond acceptors (Lipinski definition) is 3. The second-order valence-electron chi connectivity index (χ2n) is 4.03. The molecule has 1 aliphatic rings. The van der Waals surface area contributed by atoms with Crippen LogP contribution in [0.4, 0.5) is 4.39 Å². The van der Waals surface area contributed by atoms with E-state index in [9.17, 15) is 14.3 Å². The molecular weight excluding hydrogens is 249 g/mol. The van der Waals surface area contributed by atoms with Crippen LogP contribution in [-0.2, 0) is 0 Å². The van der Waals surface area contributed by atoms with Gasteiger partial charge in [-0.2, -0.15) is 0 Å². The molecule has 0 amide bonds. The number of aromatic hydroxyl groups is 1. The zero-order chi connectivity index (χ0) is 11.9. The van der Waals surface area contributed by atoms with Crippen LogP contribution in [0.2, 0.25) is 0 Å². The van der Waals surface area contributed by atoms with Crippen LogP contribution in [0.15, 0.2) is 12.1 Å². The molecule has 4 N–H and O–H groups in total. The molecule has 17 heavy (non-hydrogen) atoms. The van der Waals surface area contributed by atoms with Gasteiger partial charge in [0.05, 0.1) is 0 Å². The highest BCUT2D eigenvalue weighted by atomic mass is 35.5. The number of carboxylic acids is 1. The van der Waals surface area contributed by atoms with Crippen molar-refractivity contribution in [1.29, 1.82) is 0 Å². The summed E-state index contributed by atoms with van der Waals surface area (Å²) in [5, 5.41) is 18.5. The van der Waals surface area contributed by atoms with Gasteiger partial charge >= 0.3 is 5.97 Å². The molecule has 0 unspecified atom stereocenters. The summed E-state index contributed by atoms with van der Waals surface area (Å²) in [7, 11) is 0. The molecule has 2 rings (SSSR count). The molecule has 0 aromatic heterocycles. The molecule has 1 aromatic rings. The molecule has 94 valence electrons. The number of phenols is 1. The molecule has 1 aliphatic carbocycles. The van der Waals surface area contributed by atoms with E-state index >= 15 is 0 Å². The van der Waals surface area contributed by atoms with Crippen molar-refractivity contribution in [2.24, 2.45) is 11.7 Å². The van der Waals surface area contributed by atoms with Crippen LogP contribution < -0.4 is 5.73 Å². The van der Waals surface area contributed by atoms with Crippen LogP contribution in [0.3, 0.4) is 0 Å². The molecule has 1 saturated carbocycles. The number of halogens is 2. The summed E-state index contributed by atoms with van der Waals surface area (Å²) in [6.45, 7) is 0. The van der Waals surface area contributed by atoms with Gasteiger partial charge in [0, 0.05) is 11.6 Å². The number of carbonyl (C=O) groups is 1. The zero-order valence-corrected chi connectivity index (χ0v) is 9.71. The van der Waals surface area contributed by atoms with Gasteiger partial charge in [0.25, 0.3) is 0 Å². The Labute approximate surface area is 104 Å². The van der Waals surface area contributed by atoms with E-state index in [1.807, 2.05) is 0 Å². The topological polar surface area (TPSA) is 83.6 Å². The monoisotopic (exact) mass is 261 g/mol. The number of hydrogen-bond donors (Lipinski definition) is 3. The highest BCUT2D eigenvalue weighted by molar-refractivity contribution is 5.91. The summed E-state index contributed by atoms with van der Waals surface area (Å²) >= 11 is 0. The molecule has 0 heterocycles. The second kappa shape index (κ2) is 4.89. The Kier molecular flexibility index (Phi) is 3.95. The number of nitrogens with two attached hydrogens (primary N) is 1. The van der Waals surface area contributed by atoms with Crippen molar-refractivity contribution in [2.75, 3.05) is 0 Å². The van der Waals surface area contributed by atoms with Gasteiger partial charge in [-0.1, -0.05) is 0 Å². The van der Waals surface area contributed by atoms with Crippen LogP contribution in [-0.4, -0.2) is 16.2 Å². The maximum atomic E-state index is 13.5. The minimum atomic E-state index is -1.29. The van der Waals surface area contributed by atoms with E-state index in [-0.39, 0.29) is 29.5 Å². The van der Waals surface area contributed by atoms with Gasteiger partial charge in [0.15, 0.2) is 0 Å². The van der Waals surface area contributed by atoms with Gasteiger partial charge in [0.1, 0.15) is 17.1 Å². The summed E-state index contributed by atoms with van der Waals surface area (Å²) in [4.78, 5) is 10.8. The van der Waals surface area contributed by atoms with Crippen molar-refractivity contribution < 1.29 is 19.4 Å². The first-order chi connectivity index (χ1) is 7.52. The third-order valence-corrected chi connectivity index (χ3v) is 2.86. The lowest BCUT2D eigenvalue weighted by molar-refractivity contribution is 0.0693. The predicted molar refractivity (Wildman–Crippen MR) is 61.9 cm³/mol. The van der Waals surface area contributed by atoms with Crippen molar-refractivity contribution in [3.05, 3.63) is 29.1 Å². The van der Waals surface area contributed by atoms with E-state index in [1.165, 1.54) is 0 Å². The fraction of sp³-hybridized carbons (Fsp3) is 0.364. The minimum absolute atomic E-state index is 0. The summed E-state index contributed by atoms with van der Waals surface area (Å²) in [6.07, 6.45) is 1.77. The Bertz CT molecular complexity index is 449. The van der Waals surface area contributed by atoms with Gasteiger partial charge in [-0.3, -0.25) is 0 Å². The Morgan fingerprint density at radius 3 is 2.53 bits per heavy atom. The lowest BCUT2D eigenvalue weighted by Gasteiger charge is -2.14. The van der Waals surface area contributed by atoms with Crippen molar-refractivity contribution in [1.82, 2.24) is 0 Å². The lowest BCUT2D eigenvalue weighted by Crippen LogP contribution is -2.15. The molecule has 0 bridgehead atoms. The molecule has 1 atom stereocenters. The molecule has 1 fully saturated rings. The molecule has 0 aliphatic heterocycles. The van der Waals surface area contributed by atoms with Crippen molar-refractivity contribution >= 4 is 18.4 Å². The quantitative estimate of drug-likeness (QED) is 0.778. The van der Waals surface area contributed by atoms with E-state index in [0.717, 1.165) is 25.0 Å². The Balaban J connectivity index is 0.00000144. The average Bonchev–Trinajstić information content (AvgIpc) is 2.99. The first-order valence-corrected chi connectivity index (χ1v) is 5.02. The number of rotatable bonds is 3. The normalized spacial score (nSPS) is 16.1. The summed E-state index contributed by atoms with van der Waals surface area (Å²) in [5.74, 6) is -2.35. The van der Waals surface area contributed by atoms with Gasteiger partial charge in [-0.15, -0.1) is 12.4 Å². The number of aromatic carboxylic acids is 1. The smallest absolute Gasteiger partial charge is 0.339 e. The standard InChI is InChI=1S/C11H12FNO3.ClH/c12-7-4-3-6(11(15)16)10(14)8(7)9(13)5-1-2-5;/h3-5,9,14H,1-2,13H2,(H,15,16);1H/t9-;/m0./s1. The van der Waals surface area contributed by atoms with Crippen LogP contribution >= 0.6 is 12.4 Å². The largest absolute Gasteiger partial charge is 0.507 e. The van der Waals surface area contributed by atoms with Crippen molar-refractivity contribution in [2.45, 2.75) is 18.9 Å². The molecule has 6 heteroatoms. The number of benzene rings is 1. The van der Waals surface area contributed by atoms with Crippen LogP contribution in [0.5, 0.6) is 5.75 Å². The van der Waals surface area contributed by atoms with E-state index < -0.39 is 23.6 Å². The van der Waals surface area contributed by atoms with Gasteiger partial charge in [-0.05, 0) is 30.9 Å². The summed E-state index contributed by atoms with van der Waals surface area (Å²) in [6, 6.07) is 1.44. The molecule has 0 saturated heterocycles. The molecule has 0 radical (unpaired) electrons. The third kappa shape index (κ3) is 2.50. The zero-order valence-electron chi connectivity index (χ0n) is 8.89. The first-order valence-electron chi connectivity index (χ1n) is 5.02. The fourth-order valence-electron chi connectivity index (χ4n) is 1.76. The molecule has 1 aromatic carbocycles. The first kappa shape index (κ1) is 13.7. The second-order valence-corrected chi connectivity index (χ2v) is 4.03. The molecule has 4 nitrogen and oxygen atoms in total. The van der Waals surface area contributed by atoms with Crippen molar-refractivity contribution in [3.63, 3.8) is 0 Å². The van der Waals surface area contributed by atoms with Crippen LogP contribution in [0.1, 0.15) is 34.8 Å². The highest BCUT2D eigenvalue weighted by Gasteiger charge is 2.34. The van der Waals surface area contributed by atoms with Crippen LogP contribution in [0, 0.1) is 11.7 Å². The maximum absolute atomic E-state index is 13.5. The van der Waals surface area contributed by atoms with E-state index in [4.69, 9.17) is 10.8 Å². The number of carboxylic acid groups (broad SMARTS) is 1. The average molecular weight is 262 g/mol. The maximum Gasteiger partial charge on any atom is 0.339 e. The van der Waals surface area contributed by atoms with E-state index in [1.54, 1.807) is 0 Å². The Hall–Kier alpha value is -1.33. The molecule has 0 spiro atoms. The van der Waals surface area contributed by atoms with Crippen LogP contribution in [0.25, 0.3) is 0 Å². The summed E-state index contributed by atoms with van der Waals surface area (Å²) in [5.41, 5.74) is 5.38. The molecular formula is C11H13ClFNO3. The summed E-state index contributed by atoms with van der Waals surface area (Å²) < 4.78 is 13.5. The highest BCUT2D eigenvalue weighted by Crippen LogP contribution is 2.43. The van der Waals surface area contributed by atoms with E-state index in [0.29, 0.717) is 0 Å².